The molecule has 108 valence electrons. The van der Waals surface area contributed by atoms with Gasteiger partial charge in [0.05, 0.1) is 31.7 Å². The van der Waals surface area contributed by atoms with Gasteiger partial charge in [0.15, 0.2) is 0 Å². The molecule has 0 N–H and O–H groups in total. The number of hydrogen-bond donors (Lipinski definition) is 0. The van der Waals surface area contributed by atoms with E-state index in [0.29, 0.717) is 0 Å². The van der Waals surface area contributed by atoms with Crippen LogP contribution in [0, 0.1) is 5.41 Å². The third kappa shape index (κ3) is 3.35. The number of halogens is 1. The fourth-order valence-electron chi connectivity index (χ4n) is 1.85. The highest BCUT2D eigenvalue weighted by Gasteiger charge is 2.32. The Labute approximate surface area is 124 Å². The van der Waals surface area contributed by atoms with Gasteiger partial charge < -0.3 is 14.2 Å². The molecular weight excluding hydrogens is 308 g/mol. The molecule has 0 radical (unpaired) electrons. The number of hydrogen-bond acceptors (Lipinski definition) is 3. The van der Waals surface area contributed by atoms with Crippen molar-refractivity contribution in [2.45, 2.75) is 32.0 Å². The summed E-state index contributed by atoms with van der Waals surface area (Å²) >= 11 is 3.80. The Kier molecular flexibility index (Phi) is 5.53. The summed E-state index contributed by atoms with van der Waals surface area (Å²) in [5.74, 6) is 2.28. The first-order valence-electron chi connectivity index (χ1n) is 6.35. The lowest BCUT2D eigenvalue weighted by Crippen LogP contribution is -2.18. The molecule has 4 heteroatoms. The summed E-state index contributed by atoms with van der Waals surface area (Å²) in [7, 11) is 4.96. The predicted octanol–water partition coefficient (Wildman–Crippen LogP) is 4.58. The second-order valence-electron chi connectivity index (χ2n) is 5.15. The first kappa shape index (κ1) is 16.2. The second-order valence-corrected chi connectivity index (χ2v) is 6.07. The molecule has 0 saturated heterocycles. The molecule has 1 unspecified atom stereocenters. The third-order valence-corrected chi connectivity index (χ3v) is 5.30. The van der Waals surface area contributed by atoms with Crippen LogP contribution >= 0.6 is 15.9 Å². The Hall–Kier alpha value is -0.900. The van der Waals surface area contributed by atoms with E-state index in [-0.39, 0.29) is 10.2 Å². The van der Waals surface area contributed by atoms with Gasteiger partial charge in [-0.3, -0.25) is 0 Å². The zero-order valence-electron chi connectivity index (χ0n) is 12.5. The molecule has 0 amide bonds. The second kappa shape index (κ2) is 6.51. The molecule has 0 saturated carbocycles. The van der Waals surface area contributed by atoms with E-state index in [1.54, 1.807) is 21.3 Å². The number of rotatable bonds is 6. The maximum Gasteiger partial charge on any atom is 0.130 e. The van der Waals surface area contributed by atoms with Gasteiger partial charge in [0.25, 0.3) is 0 Å². The Morgan fingerprint density at radius 1 is 1.05 bits per heavy atom. The number of ether oxygens (including phenoxy) is 3. The molecule has 0 heterocycles. The predicted molar refractivity (Wildman–Crippen MR) is 81.8 cm³/mol. The van der Waals surface area contributed by atoms with Gasteiger partial charge in [-0.15, -0.1) is 0 Å². The smallest absolute Gasteiger partial charge is 0.130 e. The van der Waals surface area contributed by atoms with Crippen molar-refractivity contribution in [1.29, 1.82) is 0 Å². The fraction of sp³-hybridized carbons (Fsp3) is 0.600. The molecule has 1 aromatic carbocycles. The minimum absolute atomic E-state index is 0.0924. The molecule has 0 aromatic heterocycles. The summed E-state index contributed by atoms with van der Waals surface area (Å²) in [6, 6.07) is 3.77. The van der Waals surface area contributed by atoms with Crippen LogP contribution in [0.15, 0.2) is 12.1 Å². The number of methoxy groups -OCH3 is 3. The minimum atomic E-state index is 0.0924. The van der Waals surface area contributed by atoms with Crippen LogP contribution in [-0.4, -0.2) is 21.3 Å². The summed E-state index contributed by atoms with van der Waals surface area (Å²) in [4.78, 5) is 0.140. The van der Waals surface area contributed by atoms with Crippen LogP contribution in [0.3, 0.4) is 0 Å². The van der Waals surface area contributed by atoms with E-state index < -0.39 is 0 Å². The molecule has 3 nitrogen and oxygen atoms in total. The molecule has 1 aromatic rings. The van der Waals surface area contributed by atoms with Crippen LogP contribution in [0.4, 0.5) is 0 Å². The molecule has 1 rings (SSSR count). The van der Waals surface area contributed by atoms with Crippen LogP contribution < -0.4 is 14.2 Å². The van der Waals surface area contributed by atoms with Gasteiger partial charge in [0.2, 0.25) is 0 Å². The molecule has 0 spiro atoms. The van der Waals surface area contributed by atoms with Gasteiger partial charge in [0.1, 0.15) is 17.2 Å². The Bertz CT molecular complexity index is 404. The van der Waals surface area contributed by atoms with Crippen molar-refractivity contribution in [1.82, 2.24) is 0 Å². The van der Waals surface area contributed by atoms with Crippen LogP contribution in [0.2, 0.25) is 0 Å². The minimum Gasteiger partial charge on any atom is -0.496 e. The van der Waals surface area contributed by atoms with Gasteiger partial charge in [-0.25, -0.2) is 0 Å². The van der Waals surface area contributed by atoms with Gasteiger partial charge in [0, 0.05) is 12.1 Å². The average molecular weight is 331 g/mol. The van der Waals surface area contributed by atoms with E-state index >= 15 is 0 Å². The maximum absolute atomic E-state index is 5.50. The first-order chi connectivity index (χ1) is 8.91. The number of benzene rings is 1. The van der Waals surface area contributed by atoms with Crippen LogP contribution in [-0.2, 0) is 0 Å². The first-order valence-corrected chi connectivity index (χ1v) is 7.26. The summed E-state index contributed by atoms with van der Waals surface area (Å²) < 4.78 is 16.3. The van der Waals surface area contributed by atoms with Crippen molar-refractivity contribution in [2.75, 3.05) is 21.3 Å². The molecular formula is C15H23BrO3. The Morgan fingerprint density at radius 2 is 1.53 bits per heavy atom. The largest absolute Gasteiger partial charge is 0.496 e. The average Bonchev–Trinajstić information content (AvgIpc) is 2.44. The lowest BCUT2D eigenvalue weighted by atomic mass is 9.82. The van der Waals surface area contributed by atoms with E-state index in [1.807, 2.05) is 12.1 Å². The Balaban J connectivity index is 3.39. The summed E-state index contributed by atoms with van der Waals surface area (Å²) in [5, 5.41) is 0. The molecule has 0 aliphatic heterocycles. The Morgan fingerprint density at radius 3 is 1.84 bits per heavy atom. The standard InChI is InChI=1S/C15H23BrO3/c1-7-15(2,3)14(16)13-11(18-5)8-10(17-4)9-12(13)19-6/h8-9,14H,7H2,1-6H3. The van der Waals surface area contributed by atoms with E-state index in [4.69, 9.17) is 14.2 Å². The zero-order chi connectivity index (χ0) is 14.6. The quantitative estimate of drug-likeness (QED) is 0.714. The van der Waals surface area contributed by atoms with E-state index in [0.717, 1.165) is 29.2 Å². The van der Waals surface area contributed by atoms with Crippen molar-refractivity contribution < 1.29 is 14.2 Å². The third-order valence-electron chi connectivity index (χ3n) is 3.60. The van der Waals surface area contributed by atoms with Gasteiger partial charge in [-0.2, -0.15) is 0 Å². The molecule has 0 aliphatic carbocycles. The maximum atomic E-state index is 5.50. The fourth-order valence-corrected chi connectivity index (χ4v) is 2.63. The van der Waals surface area contributed by atoms with Crippen LogP contribution in [0.1, 0.15) is 37.6 Å². The van der Waals surface area contributed by atoms with E-state index in [2.05, 4.69) is 36.7 Å². The molecule has 19 heavy (non-hydrogen) atoms. The lowest BCUT2D eigenvalue weighted by molar-refractivity contribution is 0.319. The normalized spacial score (nSPS) is 13.0. The highest BCUT2D eigenvalue weighted by Crippen LogP contribution is 2.50. The molecule has 0 aliphatic rings. The van der Waals surface area contributed by atoms with Crippen LogP contribution in [0.5, 0.6) is 17.2 Å². The number of alkyl halides is 1. The monoisotopic (exact) mass is 330 g/mol. The summed E-state index contributed by atoms with van der Waals surface area (Å²) in [5.41, 5.74) is 1.12. The van der Waals surface area contributed by atoms with Crippen molar-refractivity contribution in [3.05, 3.63) is 17.7 Å². The molecule has 0 bridgehead atoms. The van der Waals surface area contributed by atoms with E-state index in [9.17, 15) is 0 Å². The molecule has 1 atom stereocenters. The highest BCUT2D eigenvalue weighted by atomic mass is 79.9. The van der Waals surface area contributed by atoms with Gasteiger partial charge >= 0.3 is 0 Å². The van der Waals surface area contributed by atoms with E-state index in [1.165, 1.54) is 0 Å². The topological polar surface area (TPSA) is 27.7 Å². The van der Waals surface area contributed by atoms with Crippen LogP contribution in [0.25, 0.3) is 0 Å². The van der Waals surface area contributed by atoms with Crippen molar-refractivity contribution in [3.8, 4) is 17.2 Å². The summed E-state index contributed by atoms with van der Waals surface area (Å²) in [6.45, 7) is 6.61. The lowest BCUT2D eigenvalue weighted by Gasteiger charge is -2.31. The SMILES string of the molecule is CCC(C)(C)C(Br)c1c(OC)cc(OC)cc1OC. The van der Waals surface area contributed by atoms with Crippen molar-refractivity contribution in [3.63, 3.8) is 0 Å². The van der Waals surface area contributed by atoms with Gasteiger partial charge in [-0.1, -0.05) is 36.7 Å². The highest BCUT2D eigenvalue weighted by molar-refractivity contribution is 9.09. The van der Waals surface area contributed by atoms with Crippen molar-refractivity contribution >= 4 is 15.9 Å². The van der Waals surface area contributed by atoms with Gasteiger partial charge in [-0.05, 0) is 11.8 Å². The van der Waals surface area contributed by atoms with Crippen molar-refractivity contribution in [2.24, 2.45) is 5.41 Å². The molecule has 0 fully saturated rings. The summed E-state index contributed by atoms with van der Waals surface area (Å²) in [6.07, 6.45) is 1.04. The zero-order valence-corrected chi connectivity index (χ0v) is 14.1.